The summed E-state index contributed by atoms with van der Waals surface area (Å²) in [5, 5.41) is 8.87. The van der Waals surface area contributed by atoms with Crippen molar-refractivity contribution in [1.29, 1.82) is 0 Å². The van der Waals surface area contributed by atoms with Crippen LogP contribution in [0, 0.1) is 5.92 Å². The zero-order valence-corrected chi connectivity index (χ0v) is 7.79. The average molecular weight is 171 g/mol. The number of nitrogens with zero attached hydrogens (tertiary/aromatic N) is 1. The van der Waals surface area contributed by atoms with Crippen LogP contribution in [-0.4, -0.2) is 36.1 Å². The van der Waals surface area contributed by atoms with E-state index >= 15 is 0 Å². The van der Waals surface area contributed by atoms with E-state index in [9.17, 15) is 4.79 Å². The Balaban J connectivity index is 2.36. The second-order valence-corrected chi connectivity index (χ2v) is 3.85. The molecule has 0 spiro atoms. The van der Waals surface area contributed by atoms with E-state index in [0.29, 0.717) is 5.92 Å². The van der Waals surface area contributed by atoms with Crippen molar-refractivity contribution in [1.82, 2.24) is 4.90 Å². The van der Waals surface area contributed by atoms with Crippen LogP contribution in [0.15, 0.2) is 0 Å². The molecule has 0 aliphatic heterocycles. The van der Waals surface area contributed by atoms with Crippen molar-refractivity contribution in [2.45, 2.75) is 31.7 Å². The first kappa shape index (κ1) is 9.52. The van der Waals surface area contributed by atoms with Gasteiger partial charge in [0.25, 0.3) is 0 Å². The number of rotatable bonds is 4. The third-order valence-corrected chi connectivity index (χ3v) is 2.69. The van der Waals surface area contributed by atoms with Gasteiger partial charge in [-0.05, 0) is 26.4 Å². The number of carboxylic acids is 1. The predicted octanol–water partition coefficient (Wildman–Crippen LogP) is 1.19. The average Bonchev–Trinajstić information content (AvgIpc) is 1.82. The lowest BCUT2D eigenvalue weighted by molar-refractivity contribution is -0.143. The summed E-state index contributed by atoms with van der Waals surface area (Å²) in [4.78, 5) is 12.6. The fourth-order valence-electron chi connectivity index (χ4n) is 1.58. The van der Waals surface area contributed by atoms with Crippen LogP contribution in [0.5, 0.6) is 0 Å². The molecule has 0 radical (unpaired) electrons. The summed E-state index contributed by atoms with van der Waals surface area (Å²) in [6.07, 6.45) is 4.54. The van der Waals surface area contributed by atoms with Crippen LogP contribution in [0.3, 0.4) is 0 Å². The molecule has 1 rings (SSSR count). The Hall–Kier alpha value is -0.570. The van der Waals surface area contributed by atoms with Gasteiger partial charge >= 0.3 is 5.97 Å². The standard InChI is InChI=1S/C9H17NO2/c1-10(2)8(9(11)12)6-7-4-3-5-7/h7-8H,3-6H2,1-2H3,(H,11,12). The van der Waals surface area contributed by atoms with Crippen molar-refractivity contribution in [2.24, 2.45) is 5.92 Å². The van der Waals surface area contributed by atoms with Gasteiger partial charge in [0.2, 0.25) is 0 Å². The molecule has 0 aromatic rings. The molecule has 1 fully saturated rings. The molecule has 70 valence electrons. The molecule has 0 aromatic heterocycles. The Bertz CT molecular complexity index is 164. The minimum Gasteiger partial charge on any atom is -0.480 e. The summed E-state index contributed by atoms with van der Waals surface area (Å²) in [5.74, 6) is -0.0274. The molecule has 1 aliphatic carbocycles. The monoisotopic (exact) mass is 171 g/mol. The third kappa shape index (κ3) is 2.21. The van der Waals surface area contributed by atoms with Crippen LogP contribution in [0.1, 0.15) is 25.7 Å². The van der Waals surface area contributed by atoms with Crippen LogP contribution >= 0.6 is 0 Å². The second kappa shape index (κ2) is 3.90. The van der Waals surface area contributed by atoms with Crippen LogP contribution in [0.4, 0.5) is 0 Å². The fraction of sp³-hybridized carbons (Fsp3) is 0.889. The number of carbonyl (C=O) groups is 1. The Morgan fingerprint density at radius 1 is 1.58 bits per heavy atom. The highest BCUT2D eigenvalue weighted by molar-refractivity contribution is 5.73. The van der Waals surface area contributed by atoms with Gasteiger partial charge in [-0.2, -0.15) is 0 Å². The molecule has 3 nitrogen and oxygen atoms in total. The normalized spacial score (nSPS) is 20.6. The first-order valence-corrected chi connectivity index (χ1v) is 4.50. The molecule has 1 atom stereocenters. The molecule has 0 saturated heterocycles. The molecule has 3 heteroatoms. The van der Waals surface area contributed by atoms with Crippen molar-refractivity contribution in [3.63, 3.8) is 0 Å². The maximum absolute atomic E-state index is 10.8. The maximum Gasteiger partial charge on any atom is 0.320 e. The van der Waals surface area contributed by atoms with Gasteiger partial charge in [0.05, 0.1) is 0 Å². The zero-order chi connectivity index (χ0) is 9.14. The molecule has 1 N–H and O–H groups in total. The van der Waals surface area contributed by atoms with Crippen LogP contribution < -0.4 is 0 Å². The highest BCUT2D eigenvalue weighted by atomic mass is 16.4. The van der Waals surface area contributed by atoms with Crippen LogP contribution in [0.2, 0.25) is 0 Å². The highest BCUT2D eigenvalue weighted by Gasteiger charge is 2.27. The van der Waals surface area contributed by atoms with Crippen molar-refractivity contribution in [2.75, 3.05) is 14.1 Å². The fourth-order valence-corrected chi connectivity index (χ4v) is 1.58. The van der Waals surface area contributed by atoms with Crippen LogP contribution in [0.25, 0.3) is 0 Å². The number of hydrogen-bond acceptors (Lipinski definition) is 2. The second-order valence-electron chi connectivity index (χ2n) is 3.85. The first-order valence-electron chi connectivity index (χ1n) is 4.50. The van der Waals surface area contributed by atoms with E-state index in [-0.39, 0.29) is 6.04 Å². The largest absolute Gasteiger partial charge is 0.480 e. The molecule has 0 amide bonds. The smallest absolute Gasteiger partial charge is 0.320 e. The molecule has 1 unspecified atom stereocenters. The van der Waals surface area contributed by atoms with Crippen molar-refractivity contribution in [3.05, 3.63) is 0 Å². The topological polar surface area (TPSA) is 40.5 Å². The van der Waals surface area contributed by atoms with Crippen molar-refractivity contribution >= 4 is 5.97 Å². The molecule has 1 aliphatic rings. The molecule has 0 bridgehead atoms. The Labute approximate surface area is 73.4 Å². The van der Waals surface area contributed by atoms with E-state index < -0.39 is 5.97 Å². The van der Waals surface area contributed by atoms with Gasteiger partial charge in [0.1, 0.15) is 6.04 Å². The lowest BCUT2D eigenvalue weighted by Gasteiger charge is -2.30. The quantitative estimate of drug-likeness (QED) is 0.690. The molecule has 0 heterocycles. The van der Waals surface area contributed by atoms with E-state index in [1.165, 1.54) is 19.3 Å². The van der Waals surface area contributed by atoms with Gasteiger partial charge < -0.3 is 5.11 Å². The van der Waals surface area contributed by atoms with Gasteiger partial charge in [0, 0.05) is 0 Å². The Kier molecular flexibility index (Phi) is 3.09. The number of likely N-dealkylation sites (N-methyl/N-ethyl adjacent to an activating group) is 1. The summed E-state index contributed by atoms with van der Waals surface area (Å²) in [5.41, 5.74) is 0. The number of hydrogen-bond donors (Lipinski definition) is 1. The summed E-state index contributed by atoms with van der Waals surface area (Å²) in [6.45, 7) is 0. The SMILES string of the molecule is CN(C)C(CC1CCC1)C(=O)O. The summed E-state index contributed by atoms with van der Waals surface area (Å²) >= 11 is 0. The molecule has 1 saturated carbocycles. The van der Waals surface area contributed by atoms with Gasteiger partial charge in [-0.25, -0.2) is 0 Å². The van der Waals surface area contributed by atoms with E-state index in [4.69, 9.17) is 5.11 Å². The summed E-state index contributed by atoms with van der Waals surface area (Å²) in [7, 11) is 3.66. The molecule has 12 heavy (non-hydrogen) atoms. The Morgan fingerprint density at radius 3 is 2.42 bits per heavy atom. The summed E-state index contributed by atoms with van der Waals surface area (Å²) < 4.78 is 0. The van der Waals surface area contributed by atoms with E-state index in [2.05, 4.69) is 0 Å². The molecule has 0 aromatic carbocycles. The highest BCUT2D eigenvalue weighted by Crippen LogP contribution is 2.31. The Morgan fingerprint density at radius 2 is 2.17 bits per heavy atom. The van der Waals surface area contributed by atoms with Gasteiger partial charge in [0.15, 0.2) is 0 Å². The van der Waals surface area contributed by atoms with Crippen LogP contribution in [-0.2, 0) is 4.79 Å². The number of carboxylic acid groups (broad SMARTS) is 1. The van der Waals surface area contributed by atoms with E-state index in [1.807, 2.05) is 14.1 Å². The third-order valence-electron chi connectivity index (χ3n) is 2.69. The van der Waals surface area contributed by atoms with Crippen molar-refractivity contribution < 1.29 is 9.90 Å². The first-order chi connectivity index (χ1) is 5.61. The molecular weight excluding hydrogens is 154 g/mol. The lowest BCUT2D eigenvalue weighted by Crippen LogP contribution is -2.38. The zero-order valence-electron chi connectivity index (χ0n) is 7.79. The van der Waals surface area contributed by atoms with Gasteiger partial charge in [-0.3, -0.25) is 9.69 Å². The predicted molar refractivity (Wildman–Crippen MR) is 47.1 cm³/mol. The lowest BCUT2D eigenvalue weighted by atomic mass is 9.80. The van der Waals surface area contributed by atoms with E-state index in [1.54, 1.807) is 4.90 Å². The summed E-state index contributed by atoms with van der Waals surface area (Å²) in [6, 6.07) is -0.282. The van der Waals surface area contributed by atoms with Crippen molar-refractivity contribution in [3.8, 4) is 0 Å². The number of aliphatic carboxylic acids is 1. The maximum atomic E-state index is 10.8. The molecular formula is C9H17NO2. The van der Waals surface area contributed by atoms with Gasteiger partial charge in [-0.1, -0.05) is 19.3 Å². The van der Waals surface area contributed by atoms with Gasteiger partial charge in [-0.15, -0.1) is 0 Å². The van der Waals surface area contributed by atoms with E-state index in [0.717, 1.165) is 6.42 Å². The minimum atomic E-state index is -0.688. The minimum absolute atomic E-state index is 0.282.